The lowest BCUT2D eigenvalue weighted by Gasteiger charge is -2.06. The van der Waals surface area contributed by atoms with Gasteiger partial charge in [0.2, 0.25) is 0 Å². The molecule has 0 aliphatic carbocycles. The highest BCUT2D eigenvalue weighted by molar-refractivity contribution is 5.42. The van der Waals surface area contributed by atoms with Crippen molar-refractivity contribution >= 4 is 0 Å². The first kappa shape index (κ1) is 10.9. The molecule has 1 aromatic rings. The Kier molecular flexibility index (Phi) is 3.14. The molecule has 0 unspecified atom stereocenters. The van der Waals surface area contributed by atoms with E-state index in [4.69, 9.17) is 10.5 Å². The van der Waals surface area contributed by atoms with Crippen molar-refractivity contribution in [3.05, 3.63) is 23.0 Å². The fourth-order valence-corrected chi connectivity index (χ4v) is 1.05. The van der Waals surface area contributed by atoms with Crippen LogP contribution < -0.4 is 0 Å². The Morgan fingerprint density at radius 1 is 1.47 bits per heavy atom. The monoisotopic (exact) mass is 209 g/mol. The third-order valence-corrected chi connectivity index (χ3v) is 1.70. The summed E-state index contributed by atoms with van der Waals surface area (Å²) in [6.45, 7) is 0. The molecular formula is C9H5F2N3O. The number of hydrogen-bond acceptors (Lipinski definition) is 4. The normalized spacial score (nSPS) is 9.67. The van der Waals surface area contributed by atoms with Crippen LogP contribution in [0.25, 0.3) is 0 Å². The van der Waals surface area contributed by atoms with Crippen LogP contribution in [0.2, 0.25) is 0 Å². The highest BCUT2D eigenvalue weighted by atomic mass is 19.3. The highest BCUT2D eigenvalue weighted by Crippen LogP contribution is 2.26. The summed E-state index contributed by atoms with van der Waals surface area (Å²) in [4.78, 5) is 3.30. The fraction of sp³-hybridized carbons (Fsp3) is 0.222. The number of halogens is 2. The third kappa shape index (κ3) is 2.18. The average molecular weight is 209 g/mol. The number of alkyl halides is 2. The predicted octanol–water partition coefficient (Wildman–Crippen LogP) is 1.66. The van der Waals surface area contributed by atoms with Crippen LogP contribution >= 0.6 is 0 Å². The van der Waals surface area contributed by atoms with Crippen LogP contribution in [-0.4, -0.2) is 10.1 Å². The van der Waals surface area contributed by atoms with Crippen molar-refractivity contribution < 1.29 is 13.9 Å². The summed E-state index contributed by atoms with van der Waals surface area (Å²) in [5.41, 5.74) is -1.16. The first-order valence-electron chi connectivity index (χ1n) is 3.88. The third-order valence-electron chi connectivity index (χ3n) is 1.70. The van der Waals surface area contributed by atoms with Crippen LogP contribution in [0.15, 0.2) is 6.07 Å². The zero-order valence-electron chi connectivity index (χ0n) is 7.41. The van der Waals surface area contributed by atoms with Crippen LogP contribution in [0.3, 0.4) is 0 Å². The van der Waals surface area contributed by atoms with Gasteiger partial charge in [0.1, 0.15) is 11.8 Å². The molecule has 0 saturated heterocycles. The van der Waals surface area contributed by atoms with Crippen molar-refractivity contribution in [2.24, 2.45) is 0 Å². The lowest BCUT2D eigenvalue weighted by molar-refractivity contribution is 0.145. The van der Waals surface area contributed by atoms with Gasteiger partial charge in [-0.2, -0.15) is 10.5 Å². The van der Waals surface area contributed by atoms with Gasteiger partial charge in [-0.15, -0.1) is 0 Å². The molecule has 15 heavy (non-hydrogen) atoms. The largest absolute Gasteiger partial charge is 0.505 e. The average Bonchev–Trinajstić information content (AvgIpc) is 2.18. The Morgan fingerprint density at radius 2 is 2.13 bits per heavy atom. The second kappa shape index (κ2) is 4.34. The van der Waals surface area contributed by atoms with Crippen LogP contribution in [0.4, 0.5) is 8.78 Å². The van der Waals surface area contributed by atoms with E-state index in [0.717, 1.165) is 6.07 Å². The van der Waals surface area contributed by atoms with E-state index in [0.29, 0.717) is 0 Å². The van der Waals surface area contributed by atoms with E-state index in [1.54, 1.807) is 6.07 Å². The number of pyridine rings is 1. The Morgan fingerprint density at radius 3 is 2.60 bits per heavy atom. The standard InChI is InChI=1S/C9H5F2N3O/c10-9(11)8-5(1-2-12)3-7(15)6(4-13)14-8/h3,9,15H,1H2. The first-order valence-corrected chi connectivity index (χ1v) is 3.88. The number of hydrogen-bond donors (Lipinski definition) is 1. The van der Waals surface area contributed by atoms with Crippen molar-refractivity contribution in [1.29, 1.82) is 10.5 Å². The molecule has 0 atom stereocenters. The van der Waals surface area contributed by atoms with Crippen LogP contribution in [0.5, 0.6) is 5.75 Å². The van der Waals surface area contributed by atoms with Gasteiger partial charge in [0, 0.05) is 0 Å². The van der Waals surface area contributed by atoms with Gasteiger partial charge in [-0.25, -0.2) is 13.8 Å². The second-order valence-electron chi connectivity index (χ2n) is 2.65. The van der Waals surface area contributed by atoms with Gasteiger partial charge in [0.15, 0.2) is 11.4 Å². The van der Waals surface area contributed by atoms with Gasteiger partial charge in [-0.3, -0.25) is 0 Å². The van der Waals surface area contributed by atoms with E-state index in [1.807, 2.05) is 0 Å². The maximum Gasteiger partial charge on any atom is 0.280 e. The molecule has 0 fully saturated rings. The van der Waals surface area contributed by atoms with Crippen molar-refractivity contribution in [3.63, 3.8) is 0 Å². The Labute approximate surface area is 84.0 Å². The molecular weight excluding hydrogens is 204 g/mol. The Hall–Kier alpha value is -2.21. The van der Waals surface area contributed by atoms with Crippen LogP contribution in [-0.2, 0) is 6.42 Å². The molecule has 0 spiro atoms. The van der Waals surface area contributed by atoms with Crippen LogP contribution in [0, 0.1) is 22.7 Å². The molecule has 6 heteroatoms. The number of aromatic hydroxyl groups is 1. The topological polar surface area (TPSA) is 80.7 Å². The zero-order valence-corrected chi connectivity index (χ0v) is 7.41. The van der Waals surface area contributed by atoms with Gasteiger partial charge in [0.05, 0.1) is 12.5 Å². The number of nitrogens with zero attached hydrogens (tertiary/aromatic N) is 3. The van der Waals surface area contributed by atoms with Gasteiger partial charge in [0.25, 0.3) is 6.43 Å². The minimum atomic E-state index is -2.87. The quantitative estimate of drug-likeness (QED) is 0.803. The van der Waals surface area contributed by atoms with E-state index in [-0.39, 0.29) is 12.0 Å². The summed E-state index contributed by atoms with van der Waals surface area (Å²) in [5.74, 6) is -0.493. The molecule has 1 aromatic heterocycles. The van der Waals surface area contributed by atoms with E-state index in [9.17, 15) is 13.9 Å². The van der Waals surface area contributed by atoms with Gasteiger partial charge < -0.3 is 5.11 Å². The highest BCUT2D eigenvalue weighted by Gasteiger charge is 2.18. The Balaban J connectivity index is 3.35. The van der Waals surface area contributed by atoms with E-state index in [1.165, 1.54) is 6.07 Å². The van der Waals surface area contributed by atoms with Crippen molar-refractivity contribution in [3.8, 4) is 17.9 Å². The second-order valence-corrected chi connectivity index (χ2v) is 2.65. The SMILES string of the molecule is N#CCc1cc(O)c(C#N)nc1C(F)F. The molecule has 0 amide bonds. The summed E-state index contributed by atoms with van der Waals surface area (Å²) < 4.78 is 24.9. The molecule has 0 aliphatic heterocycles. The summed E-state index contributed by atoms with van der Waals surface area (Å²) >= 11 is 0. The maximum atomic E-state index is 12.4. The fourth-order valence-electron chi connectivity index (χ4n) is 1.05. The molecule has 0 aliphatic rings. The van der Waals surface area contributed by atoms with E-state index in [2.05, 4.69) is 4.98 Å². The van der Waals surface area contributed by atoms with E-state index < -0.39 is 23.6 Å². The molecule has 76 valence electrons. The van der Waals surface area contributed by atoms with Crippen LogP contribution in [0.1, 0.15) is 23.4 Å². The smallest absolute Gasteiger partial charge is 0.280 e. The molecule has 0 radical (unpaired) electrons. The lowest BCUT2D eigenvalue weighted by atomic mass is 10.1. The molecule has 4 nitrogen and oxygen atoms in total. The molecule has 0 bridgehead atoms. The molecule has 1 rings (SSSR count). The van der Waals surface area contributed by atoms with Gasteiger partial charge in [-0.1, -0.05) is 0 Å². The number of aromatic nitrogens is 1. The summed E-state index contributed by atoms with van der Waals surface area (Å²) in [7, 11) is 0. The van der Waals surface area contributed by atoms with Gasteiger partial charge >= 0.3 is 0 Å². The van der Waals surface area contributed by atoms with E-state index >= 15 is 0 Å². The molecule has 0 aromatic carbocycles. The summed E-state index contributed by atoms with van der Waals surface area (Å²) in [6, 6.07) is 4.13. The zero-order chi connectivity index (χ0) is 11.4. The maximum absolute atomic E-state index is 12.4. The summed E-state index contributed by atoms with van der Waals surface area (Å²) in [6.07, 6.45) is -3.16. The lowest BCUT2D eigenvalue weighted by Crippen LogP contribution is -2.00. The predicted molar refractivity (Wildman–Crippen MR) is 44.9 cm³/mol. The molecule has 0 saturated carbocycles. The Bertz CT molecular complexity index is 460. The minimum Gasteiger partial charge on any atom is -0.505 e. The summed E-state index contributed by atoms with van der Waals surface area (Å²) in [5, 5.41) is 26.0. The van der Waals surface area contributed by atoms with Crippen molar-refractivity contribution in [1.82, 2.24) is 4.98 Å². The molecule has 1 N–H and O–H groups in total. The van der Waals surface area contributed by atoms with Gasteiger partial charge in [-0.05, 0) is 11.6 Å². The minimum absolute atomic E-state index is 0.0657. The molecule has 1 heterocycles. The van der Waals surface area contributed by atoms with Crippen molar-refractivity contribution in [2.45, 2.75) is 12.8 Å². The number of nitriles is 2. The van der Waals surface area contributed by atoms with Crippen molar-refractivity contribution in [2.75, 3.05) is 0 Å². The first-order chi connectivity index (χ1) is 7.10. The number of rotatable bonds is 2.